The number of rotatable bonds is 5. The number of benzene rings is 2. The van der Waals surface area contributed by atoms with Crippen LogP contribution in [0.2, 0.25) is 0 Å². The SMILES string of the molecule is Cc1cccc(NCOc2ccccc2C(=O)O)c1. The summed E-state index contributed by atoms with van der Waals surface area (Å²) in [5.41, 5.74) is 2.25. The molecule has 2 aromatic carbocycles. The Balaban J connectivity index is 1.98. The average molecular weight is 257 g/mol. The average Bonchev–Trinajstić information content (AvgIpc) is 2.39. The zero-order chi connectivity index (χ0) is 13.7. The number of ether oxygens (including phenoxy) is 1. The van der Waals surface area contributed by atoms with Gasteiger partial charge in [-0.1, -0.05) is 24.3 Å². The van der Waals surface area contributed by atoms with Gasteiger partial charge in [-0.05, 0) is 36.8 Å². The topological polar surface area (TPSA) is 58.6 Å². The van der Waals surface area contributed by atoms with Gasteiger partial charge in [-0.3, -0.25) is 0 Å². The molecule has 4 nitrogen and oxygen atoms in total. The van der Waals surface area contributed by atoms with Crippen molar-refractivity contribution in [3.63, 3.8) is 0 Å². The minimum atomic E-state index is -0.994. The van der Waals surface area contributed by atoms with Gasteiger partial charge in [0, 0.05) is 5.69 Å². The number of hydrogen-bond donors (Lipinski definition) is 2. The lowest BCUT2D eigenvalue weighted by Crippen LogP contribution is -2.11. The third kappa shape index (κ3) is 3.48. The van der Waals surface area contributed by atoms with Crippen LogP contribution in [0.4, 0.5) is 5.69 Å². The van der Waals surface area contributed by atoms with E-state index < -0.39 is 5.97 Å². The molecule has 19 heavy (non-hydrogen) atoms. The molecule has 0 aromatic heterocycles. The maximum absolute atomic E-state index is 11.0. The van der Waals surface area contributed by atoms with Gasteiger partial charge in [-0.15, -0.1) is 0 Å². The molecule has 2 rings (SSSR count). The Morgan fingerprint density at radius 1 is 1.21 bits per heavy atom. The molecule has 0 bridgehead atoms. The van der Waals surface area contributed by atoms with Crippen LogP contribution in [0.3, 0.4) is 0 Å². The lowest BCUT2D eigenvalue weighted by molar-refractivity contribution is 0.0692. The largest absolute Gasteiger partial charge is 0.478 e. The highest BCUT2D eigenvalue weighted by Crippen LogP contribution is 2.18. The lowest BCUT2D eigenvalue weighted by atomic mass is 10.2. The van der Waals surface area contributed by atoms with Crippen molar-refractivity contribution in [3.8, 4) is 5.75 Å². The highest BCUT2D eigenvalue weighted by molar-refractivity contribution is 5.90. The third-order valence-electron chi connectivity index (χ3n) is 2.64. The predicted octanol–water partition coefficient (Wildman–Crippen LogP) is 3.14. The molecule has 0 amide bonds. The first-order valence-corrected chi connectivity index (χ1v) is 5.92. The summed E-state index contributed by atoms with van der Waals surface area (Å²) in [5.74, 6) is -0.638. The van der Waals surface area contributed by atoms with Gasteiger partial charge >= 0.3 is 5.97 Å². The number of para-hydroxylation sites is 1. The van der Waals surface area contributed by atoms with Crippen molar-refractivity contribution in [3.05, 3.63) is 59.7 Å². The second-order valence-corrected chi connectivity index (χ2v) is 4.14. The van der Waals surface area contributed by atoms with Crippen molar-refractivity contribution in [2.75, 3.05) is 12.0 Å². The van der Waals surface area contributed by atoms with Crippen LogP contribution in [-0.2, 0) is 0 Å². The summed E-state index contributed by atoms with van der Waals surface area (Å²) in [6.45, 7) is 2.22. The molecule has 0 unspecified atom stereocenters. The van der Waals surface area contributed by atoms with Crippen molar-refractivity contribution < 1.29 is 14.6 Å². The molecule has 98 valence electrons. The van der Waals surface area contributed by atoms with Crippen LogP contribution in [-0.4, -0.2) is 17.8 Å². The fourth-order valence-corrected chi connectivity index (χ4v) is 1.72. The molecule has 0 fully saturated rings. The Morgan fingerprint density at radius 3 is 2.74 bits per heavy atom. The molecule has 0 saturated carbocycles. The van der Waals surface area contributed by atoms with Gasteiger partial charge < -0.3 is 15.2 Å². The van der Waals surface area contributed by atoms with Crippen molar-refractivity contribution in [2.24, 2.45) is 0 Å². The minimum Gasteiger partial charge on any atom is -0.478 e. The van der Waals surface area contributed by atoms with Crippen molar-refractivity contribution in [1.82, 2.24) is 0 Å². The predicted molar refractivity (Wildman–Crippen MR) is 73.7 cm³/mol. The summed E-state index contributed by atoms with van der Waals surface area (Å²) < 4.78 is 5.45. The molecule has 2 N–H and O–H groups in total. The Hall–Kier alpha value is -2.49. The van der Waals surface area contributed by atoms with Gasteiger partial charge in [0.25, 0.3) is 0 Å². The Morgan fingerprint density at radius 2 is 2.00 bits per heavy atom. The first kappa shape index (κ1) is 13.0. The summed E-state index contributed by atoms with van der Waals surface area (Å²) in [5, 5.41) is 12.1. The van der Waals surface area contributed by atoms with Crippen LogP contribution >= 0.6 is 0 Å². The zero-order valence-corrected chi connectivity index (χ0v) is 10.6. The highest BCUT2D eigenvalue weighted by atomic mass is 16.5. The van der Waals surface area contributed by atoms with E-state index in [0.717, 1.165) is 11.3 Å². The smallest absolute Gasteiger partial charge is 0.339 e. The molecule has 0 heterocycles. The first-order valence-electron chi connectivity index (χ1n) is 5.92. The Kier molecular flexibility index (Phi) is 4.03. The molecule has 0 aliphatic heterocycles. The fourth-order valence-electron chi connectivity index (χ4n) is 1.72. The second-order valence-electron chi connectivity index (χ2n) is 4.14. The first-order chi connectivity index (χ1) is 9.16. The number of aromatic carboxylic acids is 1. The number of carbonyl (C=O) groups is 1. The molecule has 0 spiro atoms. The number of anilines is 1. The van der Waals surface area contributed by atoms with Crippen molar-refractivity contribution >= 4 is 11.7 Å². The molecule has 0 aliphatic rings. The summed E-state index contributed by atoms with van der Waals surface area (Å²) in [4.78, 5) is 11.0. The highest BCUT2D eigenvalue weighted by Gasteiger charge is 2.09. The Bertz CT molecular complexity index is 581. The summed E-state index contributed by atoms with van der Waals surface area (Å²) in [6, 6.07) is 14.4. The van der Waals surface area contributed by atoms with Crippen LogP contribution in [0.15, 0.2) is 48.5 Å². The van der Waals surface area contributed by atoms with Gasteiger partial charge in [0.05, 0.1) is 0 Å². The summed E-state index contributed by atoms with van der Waals surface area (Å²) in [6.07, 6.45) is 0. The van der Waals surface area contributed by atoms with E-state index in [2.05, 4.69) is 5.32 Å². The standard InChI is InChI=1S/C15H15NO3/c1-11-5-4-6-12(9-11)16-10-19-14-8-3-2-7-13(14)15(17)18/h2-9,16H,10H2,1H3,(H,17,18). The van der Waals surface area contributed by atoms with Crippen LogP contribution < -0.4 is 10.1 Å². The number of hydrogen-bond acceptors (Lipinski definition) is 3. The molecule has 0 atom stereocenters. The van der Waals surface area contributed by atoms with E-state index in [1.54, 1.807) is 18.2 Å². The number of nitrogens with one attached hydrogen (secondary N) is 1. The zero-order valence-electron chi connectivity index (χ0n) is 10.6. The number of aryl methyl sites for hydroxylation is 1. The molecular weight excluding hydrogens is 242 g/mol. The van der Waals surface area contributed by atoms with Gasteiger partial charge in [0.2, 0.25) is 0 Å². The number of carboxylic acid groups (broad SMARTS) is 1. The quantitative estimate of drug-likeness (QED) is 0.808. The van der Waals surface area contributed by atoms with Crippen LogP contribution in [0, 0.1) is 6.92 Å². The van der Waals surface area contributed by atoms with Crippen LogP contribution in [0.25, 0.3) is 0 Å². The molecule has 0 radical (unpaired) electrons. The van der Waals surface area contributed by atoms with Gasteiger partial charge in [0.1, 0.15) is 11.3 Å². The van der Waals surface area contributed by atoms with Crippen LogP contribution in [0.5, 0.6) is 5.75 Å². The minimum absolute atomic E-state index is 0.161. The molecule has 0 saturated heterocycles. The monoisotopic (exact) mass is 257 g/mol. The molecular formula is C15H15NO3. The summed E-state index contributed by atoms with van der Waals surface area (Å²) >= 11 is 0. The van der Waals surface area contributed by atoms with E-state index in [-0.39, 0.29) is 12.3 Å². The van der Waals surface area contributed by atoms with Gasteiger partial charge in [-0.2, -0.15) is 0 Å². The third-order valence-corrected chi connectivity index (χ3v) is 2.64. The Labute approximate surface area is 111 Å². The molecule has 2 aromatic rings. The molecule has 0 aliphatic carbocycles. The normalized spacial score (nSPS) is 9.95. The van der Waals surface area contributed by atoms with E-state index in [1.165, 1.54) is 6.07 Å². The number of carboxylic acids is 1. The summed E-state index contributed by atoms with van der Waals surface area (Å²) in [7, 11) is 0. The maximum Gasteiger partial charge on any atom is 0.339 e. The second kappa shape index (κ2) is 5.91. The lowest BCUT2D eigenvalue weighted by Gasteiger charge is -2.11. The fraction of sp³-hybridized carbons (Fsp3) is 0.133. The van der Waals surface area contributed by atoms with E-state index in [0.29, 0.717) is 5.75 Å². The van der Waals surface area contributed by atoms with E-state index in [4.69, 9.17) is 9.84 Å². The van der Waals surface area contributed by atoms with E-state index in [1.807, 2.05) is 31.2 Å². The van der Waals surface area contributed by atoms with Crippen molar-refractivity contribution in [1.29, 1.82) is 0 Å². The van der Waals surface area contributed by atoms with E-state index >= 15 is 0 Å². The molecule has 4 heteroatoms. The van der Waals surface area contributed by atoms with Crippen LogP contribution in [0.1, 0.15) is 15.9 Å². The van der Waals surface area contributed by atoms with Gasteiger partial charge in [-0.25, -0.2) is 4.79 Å². The van der Waals surface area contributed by atoms with Crippen molar-refractivity contribution in [2.45, 2.75) is 6.92 Å². The maximum atomic E-state index is 11.0. The van der Waals surface area contributed by atoms with Gasteiger partial charge in [0.15, 0.2) is 6.73 Å². The van der Waals surface area contributed by atoms with E-state index in [9.17, 15) is 4.79 Å².